The van der Waals surface area contributed by atoms with E-state index in [0.717, 1.165) is 5.56 Å². The number of esters is 1. The fourth-order valence-corrected chi connectivity index (χ4v) is 2.43. The van der Waals surface area contributed by atoms with E-state index in [2.05, 4.69) is 5.32 Å². The van der Waals surface area contributed by atoms with Crippen molar-refractivity contribution in [1.29, 1.82) is 0 Å². The van der Waals surface area contributed by atoms with Crippen LogP contribution in [-0.4, -0.2) is 31.7 Å². The van der Waals surface area contributed by atoms with E-state index in [9.17, 15) is 9.59 Å². The zero-order valence-corrected chi connectivity index (χ0v) is 16.0. The van der Waals surface area contributed by atoms with E-state index in [1.54, 1.807) is 31.4 Å². The Hall–Kier alpha value is -3.02. The van der Waals surface area contributed by atoms with Crippen LogP contribution in [0.1, 0.15) is 32.3 Å². The van der Waals surface area contributed by atoms with Crippen molar-refractivity contribution in [3.05, 3.63) is 54.1 Å². The number of benzene rings is 2. The number of methoxy groups -OCH3 is 1. The van der Waals surface area contributed by atoms with Crippen LogP contribution >= 0.6 is 0 Å². The summed E-state index contributed by atoms with van der Waals surface area (Å²) >= 11 is 0. The van der Waals surface area contributed by atoms with Crippen molar-refractivity contribution in [2.45, 2.75) is 32.8 Å². The van der Waals surface area contributed by atoms with Gasteiger partial charge in [0.05, 0.1) is 7.11 Å². The van der Waals surface area contributed by atoms with Gasteiger partial charge < -0.3 is 19.5 Å². The van der Waals surface area contributed by atoms with Crippen LogP contribution in [-0.2, 0) is 14.3 Å². The maximum Gasteiger partial charge on any atom is 0.344 e. The van der Waals surface area contributed by atoms with Crippen LogP contribution in [0.15, 0.2) is 48.5 Å². The summed E-state index contributed by atoms with van der Waals surface area (Å²) in [6.07, 6.45) is -0.941. The third kappa shape index (κ3) is 6.02. The number of amides is 1. The highest BCUT2D eigenvalue weighted by atomic mass is 16.6. The van der Waals surface area contributed by atoms with Crippen molar-refractivity contribution in [1.82, 2.24) is 0 Å². The van der Waals surface area contributed by atoms with Gasteiger partial charge >= 0.3 is 5.97 Å². The molecule has 0 bridgehead atoms. The van der Waals surface area contributed by atoms with Crippen LogP contribution < -0.4 is 14.8 Å². The van der Waals surface area contributed by atoms with Crippen molar-refractivity contribution >= 4 is 17.6 Å². The lowest BCUT2D eigenvalue weighted by Crippen LogP contribution is -2.31. The Kier molecular flexibility index (Phi) is 7.23. The molecule has 2 aromatic rings. The normalized spacial score (nSPS) is 11.6. The molecule has 2 aromatic carbocycles. The van der Waals surface area contributed by atoms with E-state index in [4.69, 9.17) is 14.2 Å². The van der Waals surface area contributed by atoms with Crippen LogP contribution in [0, 0.1) is 0 Å². The number of rotatable bonds is 8. The monoisotopic (exact) mass is 371 g/mol. The van der Waals surface area contributed by atoms with Crippen LogP contribution in [0.2, 0.25) is 0 Å². The van der Waals surface area contributed by atoms with E-state index in [1.165, 1.54) is 6.92 Å². The Morgan fingerprint density at radius 1 is 1.00 bits per heavy atom. The fraction of sp³-hybridized carbons (Fsp3) is 0.333. The zero-order chi connectivity index (χ0) is 19.8. The van der Waals surface area contributed by atoms with Gasteiger partial charge in [0, 0.05) is 5.69 Å². The first kappa shape index (κ1) is 20.3. The molecule has 0 radical (unpaired) electrons. The lowest BCUT2D eigenvalue weighted by Gasteiger charge is -2.16. The molecule has 0 saturated carbocycles. The second kappa shape index (κ2) is 9.62. The predicted octanol–water partition coefficient (Wildman–Crippen LogP) is 3.77. The van der Waals surface area contributed by atoms with Crippen LogP contribution in [0.3, 0.4) is 0 Å². The van der Waals surface area contributed by atoms with E-state index in [1.807, 2.05) is 38.1 Å². The first-order valence-corrected chi connectivity index (χ1v) is 8.76. The highest BCUT2D eigenvalue weighted by Crippen LogP contribution is 2.25. The summed E-state index contributed by atoms with van der Waals surface area (Å²) in [4.78, 5) is 24.2. The van der Waals surface area contributed by atoms with Crippen molar-refractivity contribution in [3.8, 4) is 11.5 Å². The molecule has 1 amide bonds. The molecule has 0 fully saturated rings. The average molecular weight is 371 g/mol. The van der Waals surface area contributed by atoms with E-state index >= 15 is 0 Å². The summed E-state index contributed by atoms with van der Waals surface area (Å²) in [6, 6.07) is 14.4. The molecule has 0 aliphatic rings. The minimum atomic E-state index is -0.941. The summed E-state index contributed by atoms with van der Waals surface area (Å²) in [6.45, 7) is 5.35. The van der Waals surface area contributed by atoms with Gasteiger partial charge in [-0.1, -0.05) is 32.0 Å². The second-order valence-corrected chi connectivity index (χ2v) is 6.33. The maximum absolute atomic E-state index is 12.2. The molecular formula is C21H25NO5. The smallest absolute Gasteiger partial charge is 0.344 e. The van der Waals surface area contributed by atoms with Crippen molar-refractivity contribution < 1.29 is 23.8 Å². The fourth-order valence-electron chi connectivity index (χ4n) is 2.43. The number of para-hydroxylation sites is 1. The van der Waals surface area contributed by atoms with Crippen LogP contribution in [0.25, 0.3) is 0 Å². The SMILES string of the molecule is COc1ccc(NC(=O)[C@H](C)OC(=O)COc2ccccc2C(C)C)cc1. The Bertz CT molecular complexity index is 770. The van der Waals surface area contributed by atoms with Gasteiger partial charge in [-0.2, -0.15) is 0 Å². The topological polar surface area (TPSA) is 73.9 Å². The van der Waals surface area contributed by atoms with Gasteiger partial charge in [0.2, 0.25) is 0 Å². The Morgan fingerprint density at radius 2 is 1.67 bits per heavy atom. The third-order valence-corrected chi connectivity index (χ3v) is 3.92. The van der Waals surface area contributed by atoms with Gasteiger partial charge in [-0.15, -0.1) is 0 Å². The Labute approximate surface area is 159 Å². The number of hydrogen-bond acceptors (Lipinski definition) is 5. The summed E-state index contributed by atoms with van der Waals surface area (Å²) in [7, 11) is 1.57. The third-order valence-electron chi connectivity index (χ3n) is 3.92. The van der Waals surface area contributed by atoms with Crippen LogP contribution in [0.5, 0.6) is 11.5 Å². The van der Waals surface area contributed by atoms with Crippen molar-refractivity contribution in [3.63, 3.8) is 0 Å². The number of ether oxygens (including phenoxy) is 3. The van der Waals surface area contributed by atoms with Gasteiger partial charge in [0.1, 0.15) is 11.5 Å². The van der Waals surface area contributed by atoms with E-state index in [0.29, 0.717) is 17.2 Å². The van der Waals surface area contributed by atoms with E-state index < -0.39 is 18.0 Å². The maximum atomic E-state index is 12.2. The number of carbonyl (C=O) groups is 2. The Morgan fingerprint density at radius 3 is 2.30 bits per heavy atom. The summed E-state index contributed by atoms with van der Waals surface area (Å²) in [5.74, 6) is 0.569. The zero-order valence-electron chi connectivity index (χ0n) is 16.0. The van der Waals surface area contributed by atoms with Crippen molar-refractivity contribution in [2.24, 2.45) is 0 Å². The minimum Gasteiger partial charge on any atom is -0.497 e. The van der Waals surface area contributed by atoms with E-state index in [-0.39, 0.29) is 12.5 Å². The quantitative estimate of drug-likeness (QED) is 0.715. The Balaban J connectivity index is 1.84. The van der Waals surface area contributed by atoms with Gasteiger partial charge in [-0.3, -0.25) is 4.79 Å². The molecule has 0 unspecified atom stereocenters. The first-order valence-electron chi connectivity index (χ1n) is 8.76. The molecule has 0 spiro atoms. The van der Waals surface area contributed by atoms with Gasteiger partial charge in [0.15, 0.2) is 12.7 Å². The second-order valence-electron chi connectivity index (χ2n) is 6.33. The molecular weight excluding hydrogens is 346 g/mol. The number of carbonyl (C=O) groups excluding carboxylic acids is 2. The van der Waals surface area contributed by atoms with Gasteiger partial charge in [-0.05, 0) is 48.7 Å². The lowest BCUT2D eigenvalue weighted by atomic mass is 10.0. The molecule has 0 aliphatic carbocycles. The van der Waals surface area contributed by atoms with Crippen molar-refractivity contribution in [2.75, 3.05) is 19.0 Å². The summed E-state index contributed by atoms with van der Waals surface area (Å²) < 4.78 is 15.8. The van der Waals surface area contributed by atoms with Gasteiger partial charge in [0.25, 0.3) is 5.91 Å². The molecule has 27 heavy (non-hydrogen) atoms. The molecule has 0 saturated heterocycles. The molecule has 1 N–H and O–H groups in total. The molecule has 2 rings (SSSR count). The molecule has 6 nitrogen and oxygen atoms in total. The molecule has 0 aromatic heterocycles. The van der Waals surface area contributed by atoms with Crippen LogP contribution in [0.4, 0.5) is 5.69 Å². The number of nitrogens with one attached hydrogen (secondary N) is 1. The highest BCUT2D eigenvalue weighted by molar-refractivity contribution is 5.95. The average Bonchev–Trinajstić information content (AvgIpc) is 2.67. The first-order chi connectivity index (χ1) is 12.9. The lowest BCUT2D eigenvalue weighted by molar-refractivity contribution is -0.155. The summed E-state index contributed by atoms with van der Waals surface area (Å²) in [5, 5.41) is 2.68. The molecule has 1 atom stereocenters. The largest absolute Gasteiger partial charge is 0.497 e. The minimum absolute atomic E-state index is 0.260. The number of anilines is 1. The molecule has 0 heterocycles. The summed E-state index contributed by atoms with van der Waals surface area (Å²) in [5.41, 5.74) is 1.60. The standard InChI is InChI=1S/C21H25NO5/c1-14(2)18-7-5-6-8-19(18)26-13-20(23)27-15(3)21(24)22-16-9-11-17(25-4)12-10-16/h5-12,14-15H,13H2,1-4H3,(H,22,24)/t15-/m0/s1. The van der Waals surface area contributed by atoms with Gasteiger partial charge in [-0.25, -0.2) is 4.79 Å². The predicted molar refractivity (Wildman–Crippen MR) is 103 cm³/mol. The molecule has 144 valence electrons. The molecule has 6 heteroatoms. The highest BCUT2D eigenvalue weighted by Gasteiger charge is 2.19. The molecule has 0 aliphatic heterocycles. The number of hydrogen-bond donors (Lipinski definition) is 1.